The summed E-state index contributed by atoms with van der Waals surface area (Å²) in [5.41, 5.74) is 1.56. The highest BCUT2D eigenvalue weighted by Gasteiger charge is 2.27. The fourth-order valence-corrected chi connectivity index (χ4v) is 3.24. The number of carbonyl (C=O) groups excluding carboxylic acids is 2. The van der Waals surface area contributed by atoms with E-state index in [0.717, 1.165) is 5.56 Å². The molecule has 1 heterocycles. The lowest BCUT2D eigenvalue weighted by Crippen LogP contribution is -2.45. The Labute approximate surface area is 184 Å². The molecule has 0 radical (unpaired) electrons. The lowest BCUT2D eigenvalue weighted by Gasteiger charge is -2.21. The fourth-order valence-electron chi connectivity index (χ4n) is 2.74. The number of benzene rings is 2. The molecule has 6 nitrogen and oxygen atoms in total. The summed E-state index contributed by atoms with van der Waals surface area (Å²) in [5, 5.41) is 7.22. The second-order valence-electron chi connectivity index (χ2n) is 6.98. The largest absolute Gasteiger partial charge is 0.458 e. The van der Waals surface area contributed by atoms with Gasteiger partial charge in [-0.05, 0) is 24.1 Å². The van der Waals surface area contributed by atoms with E-state index in [1.54, 1.807) is 26.0 Å². The first-order chi connectivity index (χ1) is 14.3. The van der Waals surface area contributed by atoms with Crippen LogP contribution in [0.1, 0.15) is 29.9 Å². The topological polar surface area (TPSA) is 81.4 Å². The Balaban J connectivity index is 1.63. The summed E-state index contributed by atoms with van der Waals surface area (Å²) in [6.07, 6.45) is 0. The summed E-state index contributed by atoms with van der Waals surface area (Å²) in [4.78, 5) is 25.1. The van der Waals surface area contributed by atoms with Crippen LogP contribution in [0.4, 0.5) is 0 Å². The second-order valence-corrected chi connectivity index (χ2v) is 7.82. The summed E-state index contributed by atoms with van der Waals surface area (Å²) in [7, 11) is 0. The first-order valence-corrected chi connectivity index (χ1v) is 10.0. The van der Waals surface area contributed by atoms with Gasteiger partial charge in [-0.25, -0.2) is 4.79 Å². The molecule has 0 aliphatic heterocycles. The van der Waals surface area contributed by atoms with Gasteiger partial charge >= 0.3 is 5.97 Å². The Morgan fingerprint density at radius 2 is 1.83 bits per heavy atom. The molecule has 30 heavy (non-hydrogen) atoms. The molecule has 3 aromatic rings. The van der Waals surface area contributed by atoms with Crippen LogP contribution in [0, 0.1) is 5.92 Å². The Hall–Kier alpha value is -2.83. The maximum Gasteiger partial charge on any atom is 0.329 e. The lowest BCUT2D eigenvalue weighted by atomic mass is 10.0. The second kappa shape index (κ2) is 9.78. The number of rotatable bonds is 7. The van der Waals surface area contributed by atoms with Crippen molar-refractivity contribution in [2.45, 2.75) is 26.5 Å². The van der Waals surface area contributed by atoms with Gasteiger partial charge in [-0.15, -0.1) is 0 Å². The first kappa shape index (κ1) is 21.9. The molecule has 0 unspecified atom stereocenters. The monoisotopic (exact) mass is 446 g/mol. The van der Waals surface area contributed by atoms with Gasteiger partial charge in [-0.2, -0.15) is 0 Å². The van der Waals surface area contributed by atoms with E-state index in [9.17, 15) is 9.59 Å². The van der Waals surface area contributed by atoms with Crippen molar-refractivity contribution in [1.82, 2.24) is 10.5 Å². The number of ether oxygens (including phenoxy) is 1. The van der Waals surface area contributed by atoms with Crippen molar-refractivity contribution >= 4 is 35.1 Å². The molecule has 156 valence electrons. The van der Waals surface area contributed by atoms with Gasteiger partial charge in [0.05, 0.1) is 10.6 Å². The number of esters is 1. The van der Waals surface area contributed by atoms with Gasteiger partial charge in [0.1, 0.15) is 18.3 Å². The Morgan fingerprint density at radius 1 is 1.10 bits per heavy atom. The molecule has 0 aliphatic carbocycles. The van der Waals surface area contributed by atoms with Gasteiger partial charge in [-0.3, -0.25) is 4.79 Å². The van der Waals surface area contributed by atoms with Crippen molar-refractivity contribution in [3.63, 3.8) is 0 Å². The van der Waals surface area contributed by atoms with E-state index in [2.05, 4.69) is 10.5 Å². The molecule has 1 N–H and O–H groups in total. The van der Waals surface area contributed by atoms with Crippen molar-refractivity contribution in [1.29, 1.82) is 0 Å². The van der Waals surface area contributed by atoms with E-state index < -0.39 is 17.9 Å². The van der Waals surface area contributed by atoms with Crippen molar-refractivity contribution in [2.75, 3.05) is 0 Å². The molecule has 1 amide bonds. The zero-order valence-corrected chi connectivity index (χ0v) is 17.9. The Kier molecular flexibility index (Phi) is 7.13. The predicted molar refractivity (Wildman–Crippen MR) is 114 cm³/mol. The average Bonchev–Trinajstić information content (AvgIpc) is 3.19. The molecule has 0 spiro atoms. The highest BCUT2D eigenvalue weighted by atomic mass is 35.5. The first-order valence-electron chi connectivity index (χ1n) is 9.28. The van der Waals surface area contributed by atoms with Crippen LogP contribution in [-0.4, -0.2) is 23.1 Å². The van der Waals surface area contributed by atoms with E-state index in [-0.39, 0.29) is 23.1 Å². The van der Waals surface area contributed by atoms with Crippen LogP contribution >= 0.6 is 23.2 Å². The molecule has 8 heteroatoms. The molecular weight excluding hydrogens is 427 g/mol. The number of nitrogens with zero attached hydrogens (tertiary/aromatic N) is 1. The molecule has 3 rings (SSSR count). The van der Waals surface area contributed by atoms with Gasteiger partial charge in [0.2, 0.25) is 0 Å². The van der Waals surface area contributed by atoms with Gasteiger partial charge in [-0.1, -0.05) is 72.5 Å². The minimum absolute atomic E-state index is 0.0735. The van der Waals surface area contributed by atoms with Crippen molar-refractivity contribution < 1.29 is 18.8 Å². The molecule has 1 aromatic heterocycles. The van der Waals surface area contributed by atoms with Gasteiger partial charge in [0.15, 0.2) is 5.76 Å². The van der Waals surface area contributed by atoms with Gasteiger partial charge in [0, 0.05) is 16.7 Å². The van der Waals surface area contributed by atoms with Gasteiger partial charge in [0.25, 0.3) is 5.91 Å². The molecular formula is C22H20Cl2N2O4. The van der Waals surface area contributed by atoms with Crippen molar-refractivity contribution in [3.05, 3.63) is 75.9 Å². The third-order valence-electron chi connectivity index (χ3n) is 4.36. The van der Waals surface area contributed by atoms with Crippen LogP contribution in [0.3, 0.4) is 0 Å². The lowest BCUT2D eigenvalue weighted by molar-refractivity contribution is -0.148. The van der Waals surface area contributed by atoms with Crippen LogP contribution in [0.15, 0.2) is 59.1 Å². The number of halogens is 2. The molecule has 0 bridgehead atoms. The smallest absolute Gasteiger partial charge is 0.329 e. The number of aromatic nitrogens is 1. The molecule has 0 aliphatic rings. The van der Waals surface area contributed by atoms with Crippen LogP contribution in [-0.2, 0) is 16.1 Å². The molecule has 0 saturated carbocycles. The van der Waals surface area contributed by atoms with E-state index >= 15 is 0 Å². The molecule has 0 saturated heterocycles. The molecule has 1 atom stereocenters. The molecule has 2 aromatic carbocycles. The number of hydrogen-bond acceptors (Lipinski definition) is 5. The Bertz CT molecular complexity index is 1030. The van der Waals surface area contributed by atoms with Crippen LogP contribution in [0.5, 0.6) is 0 Å². The van der Waals surface area contributed by atoms with E-state index in [4.69, 9.17) is 32.5 Å². The quantitative estimate of drug-likeness (QED) is 0.507. The third-order valence-corrected chi connectivity index (χ3v) is 4.91. The maximum atomic E-state index is 12.6. The summed E-state index contributed by atoms with van der Waals surface area (Å²) in [6, 6.07) is 14.8. The van der Waals surface area contributed by atoms with Crippen molar-refractivity contribution in [3.8, 4) is 11.3 Å². The van der Waals surface area contributed by atoms with Crippen LogP contribution in [0.25, 0.3) is 11.3 Å². The SMILES string of the molecule is CC(C)[C@H](NC(=O)c1ccc(Cl)cc1Cl)C(=O)OCc1cc(-c2ccccc2)on1. The summed E-state index contributed by atoms with van der Waals surface area (Å²) in [5.74, 6) is -0.690. The molecule has 0 fully saturated rings. The van der Waals surface area contributed by atoms with Crippen molar-refractivity contribution in [2.24, 2.45) is 5.92 Å². The minimum atomic E-state index is -0.857. The normalized spacial score (nSPS) is 11.9. The third kappa shape index (κ3) is 5.40. The number of hydrogen-bond donors (Lipinski definition) is 1. The van der Waals surface area contributed by atoms with E-state index in [1.807, 2.05) is 30.3 Å². The highest BCUT2D eigenvalue weighted by molar-refractivity contribution is 6.36. The zero-order chi connectivity index (χ0) is 21.7. The summed E-state index contributed by atoms with van der Waals surface area (Å²) >= 11 is 11.9. The van der Waals surface area contributed by atoms with E-state index in [1.165, 1.54) is 12.1 Å². The number of amides is 1. The number of carbonyl (C=O) groups is 2. The standard InChI is InChI=1S/C22H20Cl2N2O4/c1-13(2)20(25-21(27)17-9-8-15(23)10-18(17)24)22(28)29-12-16-11-19(30-26-16)14-6-4-3-5-7-14/h3-11,13,20H,12H2,1-2H3,(H,25,27)/t20-/m0/s1. The van der Waals surface area contributed by atoms with Crippen LogP contribution in [0.2, 0.25) is 10.0 Å². The van der Waals surface area contributed by atoms with E-state index in [0.29, 0.717) is 16.5 Å². The predicted octanol–water partition coefficient (Wildman–Crippen LogP) is 5.15. The van der Waals surface area contributed by atoms with Crippen LogP contribution < -0.4 is 5.32 Å². The highest BCUT2D eigenvalue weighted by Crippen LogP contribution is 2.22. The zero-order valence-electron chi connectivity index (χ0n) is 16.4. The number of nitrogens with one attached hydrogen (secondary N) is 1. The minimum Gasteiger partial charge on any atom is -0.458 e. The Morgan fingerprint density at radius 3 is 2.50 bits per heavy atom. The summed E-state index contributed by atoms with van der Waals surface area (Å²) in [6.45, 7) is 3.54. The maximum absolute atomic E-state index is 12.6. The summed E-state index contributed by atoms with van der Waals surface area (Å²) < 4.78 is 10.7. The average molecular weight is 447 g/mol. The fraction of sp³-hybridized carbons (Fsp3) is 0.227. The van der Waals surface area contributed by atoms with Gasteiger partial charge < -0.3 is 14.6 Å².